The Kier molecular flexibility index (Phi) is 10.8. The van der Waals surface area contributed by atoms with Crippen molar-refractivity contribution in [3.05, 3.63) is 169 Å². The summed E-state index contributed by atoms with van der Waals surface area (Å²) in [6, 6.07) is 41.9. The van der Waals surface area contributed by atoms with E-state index in [0.29, 0.717) is 11.5 Å². The van der Waals surface area contributed by atoms with Crippen LogP contribution in [0.1, 0.15) is 42.5 Å². The van der Waals surface area contributed by atoms with Crippen molar-refractivity contribution in [2.45, 2.75) is 44.3 Å². The van der Waals surface area contributed by atoms with Crippen LogP contribution in [0.2, 0.25) is 0 Å². The van der Waals surface area contributed by atoms with Crippen LogP contribution in [0.3, 0.4) is 0 Å². The highest BCUT2D eigenvalue weighted by Gasteiger charge is 2.42. The maximum Gasteiger partial charge on any atom is 0.330 e. The molecule has 0 N–H and O–H groups in total. The Morgan fingerprint density at radius 3 is 1.57 bits per heavy atom. The second-order valence-corrected chi connectivity index (χ2v) is 12.7. The third-order valence-corrected chi connectivity index (χ3v) is 9.28. The normalized spacial score (nSPS) is 15.9. The predicted molar refractivity (Wildman–Crippen MR) is 201 cm³/mol. The molecule has 0 fully saturated rings. The maximum absolute atomic E-state index is 11.8. The van der Waals surface area contributed by atoms with E-state index in [1.807, 2.05) is 48.5 Å². The van der Waals surface area contributed by atoms with E-state index in [2.05, 4.69) is 86.0 Å². The molecule has 5 aromatic rings. The number of fused-ring (bicyclic) bond motifs is 1. The van der Waals surface area contributed by atoms with E-state index in [1.54, 1.807) is 13.8 Å². The molecule has 2 atom stereocenters. The van der Waals surface area contributed by atoms with Crippen LogP contribution in [0.4, 0.5) is 0 Å². The van der Waals surface area contributed by atoms with Gasteiger partial charge in [-0.3, -0.25) is 0 Å². The number of hydrogen-bond acceptors (Lipinski definition) is 6. The van der Waals surface area contributed by atoms with Crippen molar-refractivity contribution in [1.29, 1.82) is 0 Å². The topological polar surface area (TPSA) is 71.1 Å². The van der Waals surface area contributed by atoms with Gasteiger partial charge in [0.15, 0.2) is 0 Å². The lowest BCUT2D eigenvalue weighted by molar-refractivity contribution is -0.144. The molecule has 0 amide bonds. The van der Waals surface area contributed by atoms with Gasteiger partial charge in [-0.05, 0) is 84.3 Å². The SMILES string of the molecule is C=CC(=O)OC(C)COc1ccc(C2(c3ccc(OCC(C)OC(=O)C=C)c(-c4ccccc4)c3)CCc3ccccc32)cc1-c1ccccc1. The first-order chi connectivity index (χ1) is 24.8. The molecule has 5 aromatic carbocycles. The van der Waals surface area contributed by atoms with Crippen LogP contribution in [0.5, 0.6) is 11.5 Å². The number of hydrogen-bond donors (Lipinski definition) is 0. The van der Waals surface area contributed by atoms with Crippen LogP contribution in [-0.4, -0.2) is 37.4 Å². The monoisotopic (exact) mass is 678 g/mol. The minimum absolute atomic E-state index is 0.194. The Bertz CT molecular complexity index is 1900. The summed E-state index contributed by atoms with van der Waals surface area (Å²) >= 11 is 0. The van der Waals surface area contributed by atoms with Gasteiger partial charge in [0.05, 0.1) is 0 Å². The predicted octanol–water partition coefficient (Wildman–Crippen LogP) is 9.29. The highest BCUT2D eigenvalue weighted by Crippen LogP contribution is 2.51. The molecule has 0 saturated carbocycles. The largest absolute Gasteiger partial charge is 0.489 e. The number of ether oxygens (including phenoxy) is 4. The molecule has 0 radical (unpaired) electrons. The highest BCUT2D eigenvalue weighted by molar-refractivity contribution is 5.82. The minimum atomic E-state index is -0.483. The zero-order chi connectivity index (χ0) is 35.8. The summed E-state index contributed by atoms with van der Waals surface area (Å²) < 4.78 is 23.4. The first kappa shape index (κ1) is 35.0. The van der Waals surface area contributed by atoms with E-state index in [-0.39, 0.29) is 13.2 Å². The number of esters is 2. The fraction of sp³-hybridized carbons (Fsp3) is 0.200. The quantitative estimate of drug-likeness (QED) is 0.0862. The third-order valence-electron chi connectivity index (χ3n) is 9.28. The lowest BCUT2D eigenvalue weighted by Crippen LogP contribution is -2.27. The van der Waals surface area contributed by atoms with E-state index < -0.39 is 29.6 Å². The van der Waals surface area contributed by atoms with Gasteiger partial charge >= 0.3 is 11.9 Å². The van der Waals surface area contributed by atoms with Crippen LogP contribution in [0.25, 0.3) is 22.3 Å². The highest BCUT2D eigenvalue weighted by atomic mass is 16.6. The molecule has 0 spiro atoms. The Morgan fingerprint density at radius 2 is 1.10 bits per heavy atom. The second-order valence-electron chi connectivity index (χ2n) is 12.7. The zero-order valence-corrected chi connectivity index (χ0v) is 29.0. The van der Waals surface area contributed by atoms with Crippen molar-refractivity contribution in [2.75, 3.05) is 13.2 Å². The molecule has 0 aliphatic heterocycles. The Hall–Kier alpha value is -5.88. The van der Waals surface area contributed by atoms with Crippen molar-refractivity contribution in [3.8, 4) is 33.8 Å². The molecule has 0 bridgehead atoms. The molecule has 0 saturated heterocycles. The lowest BCUT2D eigenvalue weighted by Gasteiger charge is -2.34. The fourth-order valence-corrected chi connectivity index (χ4v) is 6.88. The Morgan fingerprint density at radius 1 is 0.647 bits per heavy atom. The Balaban J connectivity index is 1.47. The average Bonchev–Trinajstić information content (AvgIpc) is 3.57. The molecule has 6 heteroatoms. The summed E-state index contributed by atoms with van der Waals surface area (Å²) in [6.07, 6.45) is 3.19. The number of benzene rings is 5. The summed E-state index contributed by atoms with van der Waals surface area (Å²) in [6.45, 7) is 11.0. The smallest absolute Gasteiger partial charge is 0.330 e. The summed E-state index contributed by atoms with van der Waals surface area (Å²) in [7, 11) is 0. The second kappa shape index (κ2) is 15.8. The minimum Gasteiger partial charge on any atom is -0.489 e. The molecular weight excluding hydrogens is 636 g/mol. The molecule has 258 valence electrons. The van der Waals surface area contributed by atoms with Gasteiger partial charge in [0, 0.05) is 28.7 Å². The summed E-state index contributed by atoms with van der Waals surface area (Å²) in [4.78, 5) is 23.6. The van der Waals surface area contributed by atoms with Gasteiger partial charge < -0.3 is 18.9 Å². The van der Waals surface area contributed by atoms with Gasteiger partial charge in [0.1, 0.15) is 36.9 Å². The van der Waals surface area contributed by atoms with E-state index in [0.717, 1.165) is 58.4 Å². The van der Waals surface area contributed by atoms with Crippen LogP contribution >= 0.6 is 0 Å². The fourth-order valence-electron chi connectivity index (χ4n) is 6.88. The van der Waals surface area contributed by atoms with Crippen LogP contribution in [0.15, 0.2) is 147 Å². The first-order valence-corrected chi connectivity index (χ1v) is 17.2. The lowest BCUT2D eigenvalue weighted by atomic mass is 9.69. The molecule has 0 heterocycles. The van der Waals surface area contributed by atoms with Crippen LogP contribution < -0.4 is 9.47 Å². The van der Waals surface area contributed by atoms with Crippen molar-refractivity contribution in [2.24, 2.45) is 0 Å². The molecule has 1 aliphatic rings. The van der Waals surface area contributed by atoms with E-state index >= 15 is 0 Å². The Labute approximate surface area is 300 Å². The number of rotatable bonds is 14. The average molecular weight is 679 g/mol. The zero-order valence-electron chi connectivity index (χ0n) is 29.0. The van der Waals surface area contributed by atoms with Crippen molar-refractivity contribution in [1.82, 2.24) is 0 Å². The summed E-state index contributed by atoms with van der Waals surface area (Å²) in [5.74, 6) is 0.438. The molecule has 2 unspecified atom stereocenters. The summed E-state index contributed by atoms with van der Waals surface area (Å²) in [5.41, 5.74) is 8.33. The van der Waals surface area contributed by atoms with Crippen molar-refractivity contribution >= 4 is 11.9 Å². The van der Waals surface area contributed by atoms with Gasteiger partial charge in [0.2, 0.25) is 0 Å². The van der Waals surface area contributed by atoms with Gasteiger partial charge in [-0.1, -0.05) is 110 Å². The maximum atomic E-state index is 11.8. The van der Waals surface area contributed by atoms with E-state index in [9.17, 15) is 9.59 Å². The van der Waals surface area contributed by atoms with Gasteiger partial charge in [-0.15, -0.1) is 0 Å². The standard InChI is InChI=1S/C45H42O6/c1-5-43(46)50-31(3)29-48-41-23-21-36(27-38(41)33-15-9-7-10-16-33)45(26-25-35-19-13-14-20-40(35)45)37-22-24-42(49-30-32(4)51-44(47)6-2)39(28-37)34-17-11-8-12-18-34/h5-24,27-28,31-32H,1-2,25-26,29-30H2,3-4H3. The molecule has 6 nitrogen and oxygen atoms in total. The van der Waals surface area contributed by atoms with Gasteiger partial charge in [0.25, 0.3) is 0 Å². The van der Waals surface area contributed by atoms with E-state index in [4.69, 9.17) is 18.9 Å². The van der Waals surface area contributed by atoms with Gasteiger partial charge in [-0.25, -0.2) is 9.59 Å². The van der Waals surface area contributed by atoms with Gasteiger partial charge in [-0.2, -0.15) is 0 Å². The van der Waals surface area contributed by atoms with Crippen LogP contribution in [-0.2, 0) is 30.9 Å². The molecule has 6 rings (SSSR count). The molecular formula is C45H42O6. The van der Waals surface area contributed by atoms with E-state index in [1.165, 1.54) is 11.1 Å². The number of carbonyl (C=O) groups excluding carboxylic acids is 2. The summed E-state index contributed by atoms with van der Waals surface area (Å²) in [5, 5.41) is 0. The van der Waals surface area contributed by atoms with Crippen molar-refractivity contribution in [3.63, 3.8) is 0 Å². The molecule has 0 aromatic heterocycles. The number of aryl methyl sites for hydroxylation is 1. The first-order valence-electron chi connectivity index (χ1n) is 17.2. The molecule has 1 aliphatic carbocycles. The third kappa shape index (κ3) is 7.65. The molecule has 51 heavy (non-hydrogen) atoms. The number of carbonyl (C=O) groups is 2. The van der Waals surface area contributed by atoms with Crippen molar-refractivity contribution < 1.29 is 28.5 Å². The van der Waals surface area contributed by atoms with Crippen LogP contribution in [0, 0.1) is 0 Å².